The zero-order valence-corrected chi connectivity index (χ0v) is 14.1. The van der Waals surface area contributed by atoms with Crippen LogP contribution in [0.2, 0.25) is 0 Å². The highest BCUT2D eigenvalue weighted by atomic mass is 16.6. The van der Waals surface area contributed by atoms with Gasteiger partial charge in [0.05, 0.1) is 23.7 Å². The lowest BCUT2D eigenvalue weighted by Crippen LogP contribution is -2.18. The minimum absolute atomic E-state index is 0.442. The summed E-state index contributed by atoms with van der Waals surface area (Å²) in [4.78, 5) is 4.65. The molecule has 6 heteroatoms. The second-order valence-corrected chi connectivity index (χ2v) is 6.22. The fourth-order valence-electron chi connectivity index (χ4n) is 2.98. The third kappa shape index (κ3) is 3.25. The van der Waals surface area contributed by atoms with Crippen LogP contribution in [-0.4, -0.2) is 40.5 Å². The van der Waals surface area contributed by atoms with E-state index in [-0.39, 0.29) is 0 Å². The molecule has 0 saturated heterocycles. The number of benzene rings is 2. The summed E-state index contributed by atoms with van der Waals surface area (Å²) in [6.45, 7) is 4.02. The van der Waals surface area contributed by atoms with Crippen molar-refractivity contribution < 1.29 is 14.6 Å². The van der Waals surface area contributed by atoms with Gasteiger partial charge in [-0.1, -0.05) is 18.2 Å². The van der Waals surface area contributed by atoms with Crippen LogP contribution in [0.5, 0.6) is 11.5 Å². The number of hydrogen-bond donors (Lipinski definition) is 2. The maximum Gasteiger partial charge on any atom is 0.204 e. The summed E-state index contributed by atoms with van der Waals surface area (Å²) in [5.41, 5.74) is 3.08. The Labute approximate surface area is 146 Å². The number of hydrogen-bond acceptors (Lipinski definition) is 5. The maximum atomic E-state index is 9.57. The first-order chi connectivity index (χ1) is 12.2. The molecule has 3 aromatic rings. The van der Waals surface area contributed by atoms with E-state index >= 15 is 0 Å². The molecule has 0 radical (unpaired) electrons. The molecule has 0 fully saturated rings. The predicted octanol–water partition coefficient (Wildman–Crippen LogP) is 2.65. The van der Waals surface area contributed by atoms with Gasteiger partial charge in [-0.05, 0) is 36.8 Å². The Hall–Kier alpha value is -2.73. The van der Waals surface area contributed by atoms with Gasteiger partial charge in [0.2, 0.25) is 5.95 Å². The minimum atomic E-state index is -0.442. The number of fused-ring (bicyclic) bond motifs is 2. The molecule has 1 aliphatic heterocycles. The van der Waals surface area contributed by atoms with Crippen LogP contribution in [0.15, 0.2) is 42.5 Å². The summed E-state index contributed by atoms with van der Waals surface area (Å²) >= 11 is 0. The molecule has 0 bridgehead atoms. The molecule has 0 spiro atoms. The van der Waals surface area contributed by atoms with E-state index < -0.39 is 6.10 Å². The van der Waals surface area contributed by atoms with Gasteiger partial charge in [0.15, 0.2) is 11.5 Å². The lowest BCUT2D eigenvalue weighted by Gasteiger charge is -2.19. The Morgan fingerprint density at radius 1 is 1.16 bits per heavy atom. The van der Waals surface area contributed by atoms with Crippen molar-refractivity contribution >= 4 is 17.0 Å². The molecule has 2 heterocycles. The monoisotopic (exact) mass is 339 g/mol. The van der Waals surface area contributed by atoms with Crippen molar-refractivity contribution in [3.05, 3.63) is 48.0 Å². The van der Waals surface area contributed by atoms with Gasteiger partial charge >= 0.3 is 0 Å². The zero-order valence-electron chi connectivity index (χ0n) is 14.1. The number of rotatable bonds is 5. The van der Waals surface area contributed by atoms with Crippen LogP contribution in [0.25, 0.3) is 11.0 Å². The highest BCUT2D eigenvalue weighted by molar-refractivity contribution is 5.78. The minimum Gasteiger partial charge on any atom is -0.486 e. The van der Waals surface area contributed by atoms with Crippen LogP contribution >= 0.6 is 0 Å². The van der Waals surface area contributed by atoms with Crippen molar-refractivity contribution in [3.63, 3.8) is 0 Å². The molecule has 130 valence electrons. The second kappa shape index (κ2) is 6.64. The van der Waals surface area contributed by atoms with E-state index in [4.69, 9.17) is 9.47 Å². The smallest absolute Gasteiger partial charge is 0.204 e. The molecular formula is C19H21N3O3. The molecule has 1 atom stereocenters. The Bertz CT molecular complexity index is 889. The maximum absolute atomic E-state index is 9.57. The largest absolute Gasteiger partial charge is 0.486 e. The molecule has 2 N–H and O–H groups in total. The van der Waals surface area contributed by atoms with Crippen molar-refractivity contribution in [1.29, 1.82) is 0 Å². The van der Waals surface area contributed by atoms with E-state index in [0.29, 0.717) is 26.3 Å². The average Bonchev–Trinajstić information content (AvgIpc) is 2.97. The van der Waals surface area contributed by atoms with Gasteiger partial charge in [0.25, 0.3) is 0 Å². The van der Waals surface area contributed by atoms with Gasteiger partial charge < -0.3 is 24.5 Å². The third-order valence-electron chi connectivity index (χ3n) is 4.16. The number of nitrogens with one attached hydrogen (secondary N) is 1. The predicted molar refractivity (Wildman–Crippen MR) is 96.4 cm³/mol. The van der Waals surface area contributed by atoms with Crippen LogP contribution in [-0.2, 0) is 6.54 Å². The van der Waals surface area contributed by atoms with E-state index in [2.05, 4.69) is 14.9 Å². The number of ether oxygens (including phenoxy) is 2. The van der Waals surface area contributed by atoms with Crippen molar-refractivity contribution in [2.75, 3.05) is 25.1 Å². The molecule has 1 aliphatic rings. The molecule has 1 aromatic heterocycles. The van der Waals surface area contributed by atoms with E-state index in [9.17, 15) is 5.11 Å². The number of nitrogens with zero attached hydrogens (tertiary/aromatic N) is 2. The first kappa shape index (κ1) is 15.8. The van der Waals surface area contributed by atoms with Gasteiger partial charge in [0.1, 0.15) is 13.2 Å². The lowest BCUT2D eigenvalue weighted by molar-refractivity contribution is 0.171. The van der Waals surface area contributed by atoms with Crippen LogP contribution in [0.1, 0.15) is 12.5 Å². The Morgan fingerprint density at radius 3 is 2.80 bits per heavy atom. The molecule has 0 saturated carbocycles. The number of imidazole rings is 1. The quantitative estimate of drug-likeness (QED) is 0.748. The van der Waals surface area contributed by atoms with Gasteiger partial charge in [0, 0.05) is 6.54 Å². The molecule has 1 unspecified atom stereocenters. The van der Waals surface area contributed by atoms with Crippen molar-refractivity contribution in [2.24, 2.45) is 0 Å². The summed E-state index contributed by atoms with van der Waals surface area (Å²) in [6, 6.07) is 14.0. The summed E-state index contributed by atoms with van der Waals surface area (Å²) in [5.74, 6) is 2.32. The summed E-state index contributed by atoms with van der Waals surface area (Å²) in [6.07, 6.45) is -0.442. The van der Waals surface area contributed by atoms with Crippen LogP contribution in [0.4, 0.5) is 5.95 Å². The molecule has 0 amide bonds. The highest BCUT2D eigenvalue weighted by Crippen LogP contribution is 2.31. The first-order valence-corrected chi connectivity index (χ1v) is 8.46. The standard InChI is InChI=1S/C19H21N3O3/c1-13(23)11-20-19-21-15-4-2-3-5-16(15)22(19)12-14-6-7-17-18(10-14)25-9-8-24-17/h2-7,10,13,23H,8-9,11-12H2,1H3,(H,20,21). The summed E-state index contributed by atoms with van der Waals surface area (Å²) < 4.78 is 13.4. The number of para-hydroxylation sites is 2. The first-order valence-electron chi connectivity index (χ1n) is 8.46. The topological polar surface area (TPSA) is 68.5 Å². The van der Waals surface area contributed by atoms with Crippen molar-refractivity contribution in [3.8, 4) is 11.5 Å². The molecule has 25 heavy (non-hydrogen) atoms. The van der Waals surface area contributed by atoms with Gasteiger partial charge in [-0.3, -0.25) is 0 Å². The zero-order chi connectivity index (χ0) is 17.2. The number of aliphatic hydroxyl groups excluding tert-OH is 1. The fraction of sp³-hybridized carbons (Fsp3) is 0.316. The number of aliphatic hydroxyl groups is 1. The Balaban J connectivity index is 1.68. The number of anilines is 1. The lowest BCUT2D eigenvalue weighted by atomic mass is 10.2. The van der Waals surface area contributed by atoms with Crippen molar-refractivity contribution in [2.45, 2.75) is 19.6 Å². The third-order valence-corrected chi connectivity index (χ3v) is 4.16. The van der Waals surface area contributed by atoms with Crippen LogP contribution in [0, 0.1) is 0 Å². The van der Waals surface area contributed by atoms with E-state index in [1.165, 1.54) is 0 Å². The van der Waals surface area contributed by atoms with E-state index in [0.717, 1.165) is 34.0 Å². The molecule has 4 rings (SSSR count). The van der Waals surface area contributed by atoms with Crippen molar-refractivity contribution in [1.82, 2.24) is 9.55 Å². The second-order valence-electron chi connectivity index (χ2n) is 6.22. The van der Waals surface area contributed by atoms with E-state index in [1.54, 1.807) is 6.92 Å². The molecule has 2 aromatic carbocycles. The van der Waals surface area contributed by atoms with Gasteiger partial charge in [-0.2, -0.15) is 0 Å². The van der Waals surface area contributed by atoms with Crippen LogP contribution < -0.4 is 14.8 Å². The number of aromatic nitrogens is 2. The molecule has 0 aliphatic carbocycles. The van der Waals surface area contributed by atoms with Gasteiger partial charge in [-0.25, -0.2) is 4.98 Å². The fourth-order valence-corrected chi connectivity index (χ4v) is 2.98. The average molecular weight is 339 g/mol. The summed E-state index contributed by atoms with van der Waals surface area (Å²) in [7, 11) is 0. The highest BCUT2D eigenvalue weighted by Gasteiger charge is 2.15. The molecular weight excluding hydrogens is 318 g/mol. The Morgan fingerprint density at radius 2 is 1.96 bits per heavy atom. The van der Waals surface area contributed by atoms with Gasteiger partial charge in [-0.15, -0.1) is 0 Å². The van der Waals surface area contributed by atoms with E-state index in [1.807, 2.05) is 42.5 Å². The SMILES string of the molecule is CC(O)CNc1nc2ccccc2n1Cc1ccc2c(c1)OCCO2. The summed E-state index contributed by atoms with van der Waals surface area (Å²) in [5, 5.41) is 12.8. The Kier molecular flexibility index (Phi) is 4.19. The normalized spacial score (nSPS) is 14.5. The van der Waals surface area contributed by atoms with Crippen LogP contribution in [0.3, 0.4) is 0 Å². The molecule has 6 nitrogen and oxygen atoms in total.